The second kappa shape index (κ2) is 8.03. The Balaban J connectivity index is 1.61. The summed E-state index contributed by atoms with van der Waals surface area (Å²) >= 11 is 0. The Kier molecular flexibility index (Phi) is 5.54. The Hall–Kier alpha value is -3.15. The zero-order valence-corrected chi connectivity index (χ0v) is 15.9. The number of H-pyrrole nitrogens is 1. The van der Waals surface area contributed by atoms with Gasteiger partial charge in [-0.05, 0) is 29.8 Å². The Morgan fingerprint density at radius 2 is 1.74 bits per heavy atom. The number of anilines is 1. The normalized spacial score (nSPS) is 10.8. The highest BCUT2D eigenvalue weighted by atomic mass is 16.2. The van der Waals surface area contributed by atoms with Gasteiger partial charge in [-0.25, -0.2) is 4.98 Å². The van der Waals surface area contributed by atoms with Crippen molar-refractivity contribution in [3.63, 3.8) is 0 Å². The minimum atomic E-state index is -0.169. The van der Waals surface area contributed by atoms with Gasteiger partial charge >= 0.3 is 0 Å². The molecule has 1 aromatic heterocycles. The number of aryl methyl sites for hydroxylation is 1. The van der Waals surface area contributed by atoms with Gasteiger partial charge in [0.2, 0.25) is 5.91 Å². The van der Waals surface area contributed by atoms with Gasteiger partial charge in [0, 0.05) is 46.2 Å². The van der Waals surface area contributed by atoms with Crippen LogP contribution in [0.5, 0.6) is 0 Å². The molecule has 1 amide bonds. The minimum absolute atomic E-state index is 0.0162. The van der Waals surface area contributed by atoms with E-state index in [2.05, 4.69) is 9.97 Å². The standard InChI is InChI=1S/C21H24N4O2/c1-24(2)16-10-8-15(9-11-16)14-25(3)20(26)13-12-19-22-18-7-5-4-6-17(18)21(27)23-19/h4-11H,12-14H2,1-3H3,(H,22,23,27). The number of aromatic amines is 1. The van der Waals surface area contributed by atoms with Crippen LogP contribution in [0.25, 0.3) is 10.9 Å². The molecule has 3 aromatic rings. The van der Waals surface area contributed by atoms with Gasteiger partial charge in [-0.1, -0.05) is 24.3 Å². The van der Waals surface area contributed by atoms with Crippen molar-refractivity contribution in [1.82, 2.24) is 14.9 Å². The molecule has 0 fully saturated rings. The van der Waals surface area contributed by atoms with Gasteiger partial charge in [0.05, 0.1) is 10.9 Å². The number of hydrogen-bond acceptors (Lipinski definition) is 4. The molecule has 140 valence electrons. The molecule has 0 aliphatic carbocycles. The summed E-state index contributed by atoms with van der Waals surface area (Å²) in [7, 11) is 5.78. The second-order valence-corrected chi connectivity index (χ2v) is 6.84. The molecular weight excluding hydrogens is 340 g/mol. The van der Waals surface area contributed by atoms with E-state index in [9.17, 15) is 9.59 Å². The molecule has 0 aliphatic rings. The molecule has 0 bridgehead atoms. The van der Waals surface area contributed by atoms with Crippen LogP contribution in [-0.4, -0.2) is 41.9 Å². The fraction of sp³-hybridized carbons (Fsp3) is 0.286. The first kappa shape index (κ1) is 18.6. The van der Waals surface area contributed by atoms with Crippen molar-refractivity contribution in [3.05, 3.63) is 70.3 Å². The molecule has 27 heavy (non-hydrogen) atoms. The average molecular weight is 364 g/mol. The van der Waals surface area contributed by atoms with Crippen molar-refractivity contribution in [2.75, 3.05) is 26.0 Å². The lowest BCUT2D eigenvalue weighted by Crippen LogP contribution is -2.27. The number of aromatic nitrogens is 2. The highest BCUT2D eigenvalue weighted by Crippen LogP contribution is 2.14. The number of carbonyl (C=O) groups is 1. The van der Waals surface area contributed by atoms with E-state index in [1.165, 1.54) is 0 Å². The van der Waals surface area contributed by atoms with E-state index in [0.29, 0.717) is 36.1 Å². The van der Waals surface area contributed by atoms with E-state index >= 15 is 0 Å². The van der Waals surface area contributed by atoms with Crippen molar-refractivity contribution in [2.45, 2.75) is 19.4 Å². The summed E-state index contributed by atoms with van der Waals surface area (Å²) in [5, 5.41) is 0.561. The van der Waals surface area contributed by atoms with E-state index in [1.807, 2.05) is 55.4 Å². The van der Waals surface area contributed by atoms with Gasteiger partial charge in [0.15, 0.2) is 0 Å². The SMILES string of the molecule is CN(Cc1ccc(N(C)C)cc1)C(=O)CCc1nc2ccccc2c(=O)[nH]1. The molecule has 2 aromatic carbocycles. The predicted molar refractivity (Wildman–Crippen MR) is 108 cm³/mol. The van der Waals surface area contributed by atoms with E-state index < -0.39 is 0 Å². The highest BCUT2D eigenvalue weighted by Gasteiger charge is 2.11. The van der Waals surface area contributed by atoms with Crippen LogP contribution in [0.1, 0.15) is 17.8 Å². The van der Waals surface area contributed by atoms with E-state index in [0.717, 1.165) is 11.3 Å². The van der Waals surface area contributed by atoms with Gasteiger partial charge in [-0.3, -0.25) is 9.59 Å². The second-order valence-electron chi connectivity index (χ2n) is 6.84. The Bertz CT molecular complexity index is 993. The van der Waals surface area contributed by atoms with Crippen molar-refractivity contribution in [1.29, 1.82) is 0 Å². The van der Waals surface area contributed by atoms with Crippen LogP contribution in [0.4, 0.5) is 5.69 Å². The van der Waals surface area contributed by atoms with Crippen molar-refractivity contribution < 1.29 is 4.79 Å². The molecule has 0 saturated heterocycles. The number of rotatable bonds is 6. The van der Waals surface area contributed by atoms with Gasteiger partial charge in [-0.15, -0.1) is 0 Å². The summed E-state index contributed by atoms with van der Waals surface area (Å²) in [6.45, 7) is 0.550. The largest absolute Gasteiger partial charge is 0.378 e. The number of benzene rings is 2. The Morgan fingerprint density at radius 1 is 1.04 bits per heavy atom. The van der Waals surface area contributed by atoms with Gasteiger partial charge in [-0.2, -0.15) is 0 Å². The number of carbonyl (C=O) groups excluding carboxylic acids is 1. The van der Waals surface area contributed by atoms with Crippen LogP contribution in [-0.2, 0) is 17.8 Å². The molecule has 0 unspecified atom stereocenters. The molecule has 6 nitrogen and oxygen atoms in total. The van der Waals surface area contributed by atoms with Crippen LogP contribution >= 0.6 is 0 Å². The van der Waals surface area contributed by atoms with Crippen LogP contribution in [0.2, 0.25) is 0 Å². The fourth-order valence-electron chi connectivity index (χ4n) is 2.93. The third-order valence-electron chi connectivity index (χ3n) is 4.54. The van der Waals surface area contributed by atoms with Gasteiger partial charge in [0.25, 0.3) is 5.56 Å². The molecule has 1 N–H and O–H groups in total. The summed E-state index contributed by atoms with van der Waals surface area (Å²) in [4.78, 5) is 35.5. The summed E-state index contributed by atoms with van der Waals surface area (Å²) in [6, 6.07) is 15.3. The molecule has 1 heterocycles. The fourth-order valence-corrected chi connectivity index (χ4v) is 2.93. The van der Waals surface area contributed by atoms with Crippen LogP contribution in [0, 0.1) is 0 Å². The van der Waals surface area contributed by atoms with Gasteiger partial charge in [0.1, 0.15) is 5.82 Å². The van der Waals surface area contributed by atoms with Crippen molar-refractivity contribution in [3.8, 4) is 0 Å². The summed E-state index contributed by atoms with van der Waals surface area (Å²) in [5.74, 6) is 0.554. The van der Waals surface area contributed by atoms with E-state index in [-0.39, 0.29) is 11.5 Å². The van der Waals surface area contributed by atoms with Crippen LogP contribution < -0.4 is 10.5 Å². The number of hydrogen-bond donors (Lipinski definition) is 1. The summed E-state index contributed by atoms with van der Waals surface area (Å²) in [6.07, 6.45) is 0.705. The monoisotopic (exact) mass is 364 g/mol. The molecule has 0 aliphatic heterocycles. The molecule has 6 heteroatoms. The minimum Gasteiger partial charge on any atom is -0.378 e. The molecule has 0 saturated carbocycles. The van der Waals surface area contributed by atoms with Gasteiger partial charge < -0.3 is 14.8 Å². The molecule has 3 rings (SSSR count). The molecule has 0 atom stereocenters. The number of amides is 1. The van der Waals surface area contributed by atoms with Crippen molar-refractivity contribution >= 4 is 22.5 Å². The quantitative estimate of drug-likeness (QED) is 0.730. The van der Waals surface area contributed by atoms with Crippen LogP contribution in [0.3, 0.4) is 0 Å². The lowest BCUT2D eigenvalue weighted by atomic mass is 10.1. The molecule has 0 spiro atoms. The maximum atomic E-state index is 12.4. The van der Waals surface area contributed by atoms with Crippen molar-refractivity contribution in [2.24, 2.45) is 0 Å². The lowest BCUT2D eigenvalue weighted by Gasteiger charge is -2.18. The number of nitrogens with zero attached hydrogens (tertiary/aromatic N) is 3. The van der Waals surface area contributed by atoms with Crippen LogP contribution in [0.15, 0.2) is 53.3 Å². The Morgan fingerprint density at radius 3 is 2.44 bits per heavy atom. The highest BCUT2D eigenvalue weighted by molar-refractivity contribution is 5.78. The molecule has 0 radical (unpaired) electrons. The number of fused-ring (bicyclic) bond motifs is 1. The zero-order valence-electron chi connectivity index (χ0n) is 15.9. The smallest absolute Gasteiger partial charge is 0.258 e. The Labute approximate surface area is 158 Å². The molecular formula is C21H24N4O2. The maximum Gasteiger partial charge on any atom is 0.258 e. The summed E-state index contributed by atoms with van der Waals surface area (Å²) < 4.78 is 0. The van der Waals surface area contributed by atoms with E-state index in [4.69, 9.17) is 0 Å². The third kappa shape index (κ3) is 4.53. The summed E-state index contributed by atoms with van der Waals surface area (Å²) in [5.41, 5.74) is 2.68. The number of nitrogens with one attached hydrogen (secondary N) is 1. The average Bonchev–Trinajstić information content (AvgIpc) is 2.66. The first-order valence-electron chi connectivity index (χ1n) is 8.92. The third-order valence-corrected chi connectivity index (χ3v) is 4.54. The topological polar surface area (TPSA) is 69.3 Å². The number of para-hydroxylation sites is 1. The maximum absolute atomic E-state index is 12.4. The lowest BCUT2D eigenvalue weighted by molar-refractivity contribution is -0.130. The first-order chi connectivity index (χ1) is 12.9. The zero-order chi connectivity index (χ0) is 19.4. The first-order valence-corrected chi connectivity index (χ1v) is 8.92. The van der Waals surface area contributed by atoms with E-state index in [1.54, 1.807) is 24.1 Å². The predicted octanol–water partition coefficient (Wildman–Crippen LogP) is 2.58.